The number of rotatable bonds is 2. The van der Waals surface area contributed by atoms with Crippen LogP contribution in [0.1, 0.15) is 6.92 Å². The summed E-state index contributed by atoms with van der Waals surface area (Å²) < 4.78 is 12.4. The van der Waals surface area contributed by atoms with Gasteiger partial charge in [0.15, 0.2) is 0 Å². The van der Waals surface area contributed by atoms with Gasteiger partial charge in [-0.15, -0.1) is 0 Å². The summed E-state index contributed by atoms with van der Waals surface area (Å²) in [5.41, 5.74) is 0.364. The number of halogens is 1. The average Bonchev–Trinajstić information content (AvgIpc) is 1.88. The first kappa shape index (κ1) is 8.64. The van der Waals surface area contributed by atoms with Crippen LogP contribution in [0.15, 0.2) is 36.2 Å². The van der Waals surface area contributed by atoms with Crippen LogP contribution in [0.3, 0.4) is 0 Å². The minimum Gasteiger partial charge on any atom is -0.207 e. The van der Waals surface area contributed by atoms with Gasteiger partial charge in [0.1, 0.15) is 5.83 Å². The van der Waals surface area contributed by atoms with Crippen LogP contribution in [0, 0.1) is 11.3 Å². The third-order valence-corrected chi connectivity index (χ3v) is 0.821. The molecule has 0 aliphatic heterocycles. The van der Waals surface area contributed by atoms with E-state index < -0.39 is 5.83 Å². The van der Waals surface area contributed by atoms with Gasteiger partial charge < -0.3 is 0 Å². The fraction of sp³-hybridized carbons (Fsp3) is 0.125. The lowest BCUT2D eigenvalue weighted by Gasteiger charge is -1.88. The van der Waals surface area contributed by atoms with Crippen molar-refractivity contribution in [3.05, 3.63) is 36.2 Å². The molecule has 0 spiro atoms. The Morgan fingerprint density at radius 2 is 2.30 bits per heavy atom. The maximum Gasteiger partial charge on any atom is 0.125 e. The van der Waals surface area contributed by atoms with Crippen LogP contribution in [0.2, 0.25) is 0 Å². The summed E-state index contributed by atoms with van der Waals surface area (Å²) in [7, 11) is 0. The van der Waals surface area contributed by atoms with Crippen LogP contribution in [0.25, 0.3) is 0 Å². The van der Waals surface area contributed by atoms with Crippen molar-refractivity contribution in [3.63, 3.8) is 0 Å². The number of nitriles is 1. The van der Waals surface area contributed by atoms with Gasteiger partial charge in [0.2, 0.25) is 0 Å². The van der Waals surface area contributed by atoms with Crippen molar-refractivity contribution in [1.82, 2.24) is 0 Å². The van der Waals surface area contributed by atoms with Crippen molar-refractivity contribution in [2.75, 3.05) is 0 Å². The second-order valence-electron chi connectivity index (χ2n) is 1.78. The molecular weight excluding hydrogens is 129 g/mol. The van der Waals surface area contributed by atoms with Gasteiger partial charge in [-0.05, 0) is 24.6 Å². The first-order valence-electron chi connectivity index (χ1n) is 2.76. The molecule has 0 N–H and O–H groups in total. The molecule has 0 amide bonds. The highest BCUT2D eigenvalue weighted by Gasteiger charge is 1.89. The minimum atomic E-state index is -0.397. The normalized spacial score (nSPS) is 11.5. The molecule has 0 atom stereocenters. The second kappa shape index (κ2) is 4.51. The molecule has 10 heavy (non-hydrogen) atoms. The predicted octanol–water partition coefficient (Wildman–Crippen LogP) is 2.50. The Hall–Kier alpha value is -1.36. The Morgan fingerprint density at radius 3 is 2.70 bits per heavy atom. The zero-order valence-corrected chi connectivity index (χ0v) is 5.76. The fourth-order valence-electron chi connectivity index (χ4n) is 0.318. The van der Waals surface area contributed by atoms with E-state index >= 15 is 0 Å². The van der Waals surface area contributed by atoms with Crippen LogP contribution in [0.4, 0.5) is 4.39 Å². The van der Waals surface area contributed by atoms with E-state index in [1.807, 2.05) is 0 Å². The Bertz CT molecular complexity index is 218. The maximum absolute atomic E-state index is 12.4. The lowest BCUT2D eigenvalue weighted by Crippen LogP contribution is -1.70. The summed E-state index contributed by atoms with van der Waals surface area (Å²) in [6.45, 7) is 4.94. The molecule has 0 rings (SSSR count). The van der Waals surface area contributed by atoms with Gasteiger partial charge in [0, 0.05) is 6.08 Å². The van der Waals surface area contributed by atoms with Crippen molar-refractivity contribution in [3.8, 4) is 6.07 Å². The van der Waals surface area contributed by atoms with E-state index in [1.54, 1.807) is 13.0 Å². The minimum absolute atomic E-state index is 0.364. The summed E-state index contributed by atoms with van der Waals surface area (Å²) in [6, 6.07) is 1.74. The first-order valence-corrected chi connectivity index (χ1v) is 2.76. The van der Waals surface area contributed by atoms with Gasteiger partial charge in [-0.1, -0.05) is 6.58 Å². The molecule has 0 fully saturated rings. The molecule has 0 heterocycles. The topological polar surface area (TPSA) is 23.8 Å². The lowest BCUT2D eigenvalue weighted by molar-refractivity contribution is 0.653. The monoisotopic (exact) mass is 137 g/mol. The molecular formula is C8H8FN. The zero-order valence-electron chi connectivity index (χ0n) is 5.76. The smallest absolute Gasteiger partial charge is 0.125 e. The molecule has 0 radical (unpaired) electrons. The van der Waals surface area contributed by atoms with Crippen LogP contribution in [-0.4, -0.2) is 0 Å². The van der Waals surface area contributed by atoms with Crippen molar-refractivity contribution in [2.24, 2.45) is 0 Å². The zero-order chi connectivity index (χ0) is 7.98. The van der Waals surface area contributed by atoms with E-state index in [1.165, 1.54) is 18.2 Å². The van der Waals surface area contributed by atoms with E-state index in [2.05, 4.69) is 6.58 Å². The fourth-order valence-corrected chi connectivity index (χ4v) is 0.318. The summed E-state index contributed by atoms with van der Waals surface area (Å²) in [5.74, 6) is -0.397. The summed E-state index contributed by atoms with van der Waals surface area (Å²) >= 11 is 0. The molecule has 2 heteroatoms. The standard InChI is InChI=1S/C8H8FN/c1-7(2)8(9)5-3-4-6-10/h3-5H,1H2,2H3/b4-3+,8-5+. The molecule has 0 aliphatic carbocycles. The quantitative estimate of drug-likeness (QED) is 0.423. The summed E-state index contributed by atoms with van der Waals surface area (Å²) in [4.78, 5) is 0. The molecule has 0 aromatic rings. The molecule has 1 nitrogen and oxygen atoms in total. The summed E-state index contributed by atoms with van der Waals surface area (Å²) in [6.07, 6.45) is 3.73. The largest absolute Gasteiger partial charge is 0.207 e. The van der Waals surface area contributed by atoms with E-state index in [9.17, 15) is 4.39 Å². The van der Waals surface area contributed by atoms with E-state index in [4.69, 9.17) is 5.26 Å². The molecule has 0 unspecified atom stereocenters. The predicted molar refractivity (Wildman–Crippen MR) is 38.8 cm³/mol. The Morgan fingerprint density at radius 1 is 1.70 bits per heavy atom. The molecule has 0 bridgehead atoms. The van der Waals surface area contributed by atoms with Gasteiger partial charge in [-0.3, -0.25) is 0 Å². The highest BCUT2D eigenvalue weighted by Crippen LogP contribution is 2.06. The lowest BCUT2D eigenvalue weighted by atomic mass is 10.3. The Kier molecular flexibility index (Phi) is 3.90. The third-order valence-electron chi connectivity index (χ3n) is 0.821. The maximum atomic E-state index is 12.4. The Balaban J connectivity index is 4.08. The van der Waals surface area contributed by atoms with Crippen LogP contribution < -0.4 is 0 Å². The van der Waals surface area contributed by atoms with E-state index in [-0.39, 0.29) is 0 Å². The van der Waals surface area contributed by atoms with Gasteiger partial charge in [0.25, 0.3) is 0 Å². The van der Waals surface area contributed by atoms with Gasteiger partial charge in [-0.25, -0.2) is 4.39 Å². The Labute approximate surface area is 59.8 Å². The number of allylic oxidation sites excluding steroid dienone is 5. The van der Waals surface area contributed by atoms with Crippen molar-refractivity contribution in [2.45, 2.75) is 6.92 Å². The third kappa shape index (κ3) is 3.62. The number of nitrogens with zero attached hydrogens (tertiary/aromatic N) is 1. The number of hydrogen-bond acceptors (Lipinski definition) is 1. The van der Waals surface area contributed by atoms with E-state index in [0.717, 1.165) is 0 Å². The van der Waals surface area contributed by atoms with Crippen molar-refractivity contribution in [1.29, 1.82) is 5.26 Å². The highest BCUT2D eigenvalue weighted by molar-refractivity contribution is 5.25. The summed E-state index contributed by atoms with van der Waals surface area (Å²) in [5, 5.41) is 8.01. The molecule has 52 valence electrons. The average molecular weight is 137 g/mol. The molecule has 0 aromatic heterocycles. The molecule has 0 saturated carbocycles. The van der Waals surface area contributed by atoms with Gasteiger partial charge in [-0.2, -0.15) is 5.26 Å². The molecule has 0 aliphatic rings. The van der Waals surface area contributed by atoms with Gasteiger partial charge >= 0.3 is 0 Å². The highest BCUT2D eigenvalue weighted by atomic mass is 19.1. The first-order chi connectivity index (χ1) is 4.68. The SMILES string of the molecule is C=C(C)/C(F)=C\C=C\C#N. The van der Waals surface area contributed by atoms with Crippen LogP contribution in [0.5, 0.6) is 0 Å². The van der Waals surface area contributed by atoms with Crippen LogP contribution >= 0.6 is 0 Å². The van der Waals surface area contributed by atoms with Gasteiger partial charge in [0.05, 0.1) is 6.07 Å². The number of hydrogen-bond donors (Lipinski definition) is 0. The van der Waals surface area contributed by atoms with Crippen molar-refractivity contribution < 1.29 is 4.39 Å². The molecule has 0 aromatic carbocycles. The van der Waals surface area contributed by atoms with E-state index in [0.29, 0.717) is 5.57 Å². The molecule has 0 saturated heterocycles. The van der Waals surface area contributed by atoms with Crippen LogP contribution in [-0.2, 0) is 0 Å². The second-order valence-corrected chi connectivity index (χ2v) is 1.78. The van der Waals surface area contributed by atoms with Crippen molar-refractivity contribution >= 4 is 0 Å².